The number of alkyl carbamates (subject to hydrolysis) is 1. The third-order valence-electron chi connectivity index (χ3n) is 2.77. The van der Waals surface area contributed by atoms with Crippen LogP contribution in [0.2, 0.25) is 5.02 Å². The summed E-state index contributed by atoms with van der Waals surface area (Å²) in [7, 11) is 0. The molecule has 5 nitrogen and oxygen atoms in total. The van der Waals surface area contributed by atoms with E-state index in [1.807, 2.05) is 0 Å². The molecule has 0 aliphatic rings. The van der Waals surface area contributed by atoms with E-state index in [2.05, 4.69) is 5.32 Å². The second-order valence-electron chi connectivity index (χ2n) is 6.05. The summed E-state index contributed by atoms with van der Waals surface area (Å²) in [4.78, 5) is 22.9. The summed E-state index contributed by atoms with van der Waals surface area (Å²) in [6.45, 7) is 4.83. The molecule has 0 saturated carbocycles. The van der Waals surface area contributed by atoms with Crippen LogP contribution in [0.5, 0.6) is 0 Å². The Balaban J connectivity index is 2.88. The first kappa shape index (κ1) is 20.1. The average Bonchev–Trinajstić information content (AvgIpc) is 2.33. The highest BCUT2D eigenvalue weighted by molar-refractivity contribution is 6.31. The first-order valence-corrected chi connectivity index (χ1v) is 7.25. The van der Waals surface area contributed by atoms with Gasteiger partial charge in [-0.2, -0.15) is 13.2 Å². The Bertz CT molecular complexity index is 626. The molecule has 0 radical (unpaired) electrons. The molecule has 1 aromatic carbocycles. The number of benzene rings is 1. The van der Waals surface area contributed by atoms with Crippen LogP contribution >= 0.6 is 11.6 Å². The van der Waals surface area contributed by atoms with Crippen molar-refractivity contribution in [3.8, 4) is 0 Å². The zero-order valence-corrected chi connectivity index (χ0v) is 14.0. The summed E-state index contributed by atoms with van der Waals surface area (Å²) < 4.78 is 42.9. The van der Waals surface area contributed by atoms with Gasteiger partial charge in [-0.25, -0.2) is 9.59 Å². The highest BCUT2D eigenvalue weighted by atomic mass is 35.5. The van der Waals surface area contributed by atoms with E-state index in [1.165, 1.54) is 0 Å². The van der Waals surface area contributed by atoms with Gasteiger partial charge in [-0.15, -0.1) is 0 Å². The molecule has 1 unspecified atom stereocenters. The fraction of sp³-hybridized carbons (Fsp3) is 0.467. The number of ether oxygens (including phenoxy) is 1. The van der Waals surface area contributed by atoms with Crippen LogP contribution in [-0.2, 0) is 22.1 Å². The van der Waals surface area contributed by atoms with Crippen molar-refractivity contribution >= 4 is 23.7 Å². The van der Waals surface area contributed by atoms with Gasteiger partial charge in [0.25, 0.3) is 0 Å². The summed E-state index contributed by atoms with van der Waals surface area (Å²) in [6, 6.07) is 1.54. The number of nitrogens with one attached hydrogen (secondary N) is 1. The molecule has 0 aliphatic carbocycles. The standard InChI is InChI=1S/C15H17ClF3NO4/c1-14(2,3)24-13(23)20-11(12(21)22)7-8-4-5-9(10(16)6-8)15(17,18)19/h4-6,11H,7H2,1-3H3,(H,20,23)(H,21,22). The molecule has 0 aliphatic heterocycles. The molecule has 1 rings (SSSR count). The first-order valence-electron chi connectivity index (χ1n) is 6.87. The summed E-state index contributed by atoms with van der Waals surface area (Å²) >= 11 is 5.59. The lowest BCUT2D eigenvalue weighted by Gasteiger charge is -2.22. The highest BCUT2D eigenvalue weighted by Gasteiger charge is 2.33. The van der Waals surface area contributed by atoms with E-state index in [1.54, 1.807) is 20.8 Å². The van der Waals surface area contributed by atoms with Crippen molar-refractivity contribution in [2.45, 2.75) is 45.0 Å². The van der Waals surface area contributed by atoms with Gasteiger partial charge in [0.2, 0.25) is 0 Å². The largest absolute Gasteiger partial charge is 0.480 e. The highest BCUT2D eigenvalue weighted by Crippen LogP contribution is 2.35. The molecule has 24 heavy (non-hydrogen) atoms. The van der Waals surface area contributed by atoms with Crippen molar-refractivity contribution in [3.05, 3.63) is 34.3 Å². The molecule has 1 aromatic rings. The summed E-state index contributed by atoms with van der Waals surface area (Å²) in [5, 5.41) is 10.8. The van der Waals surface area contributed by atoms with E-state index < -0.39 is 40.5 Å². The van der Waals surface area contributed by atoms with E-state index in [0.29, 0.717) is 0 Å². The lowest BCUT2D eigenvalue weighted by Crippen LogP contribution is -2.44. The minimum atomic E-state index is -4.60. The van der Waals surface area contributed by atoms with E-state index in [9.17, 15) is 22.8 Å². The van der Waals surface area contributed by atoms with Gasteiger partial charge < -0.3 is 15.2 Å². The molecule has 2 N–H and O–H groups in total. The molecule has 0 bridgehead atoms. The number of carbonyl (C=O) groups excluding carboxylic acids is 1. The Morgan fingerprint density at radius 2 is 1.88 bits per heavy atom. The van der Waals surface area contributed by atoms with Gasteiger partial charge in [0.1, 0.15) is 11.6 Å². The summed E-state index contributed by atoms with van der Waals surface area (Å²) in [6.07, 6.45) is -5.78. The van der Waals surface area contributed by atoms with E-state index >= 15 is 0 Å². The molecule has 0 spiro atoms. The number of amides is 1. The third-order valence-corrected chi connectivity index (χ3v) is 3.08. The first-order chi connectivity index (χ1) is 10.8. The van der Waals surface area contributed by atoms with Crippen LogP contribution in [0.1, 0.15) is 31.9 Å². The van der Waals surface area contributed by atoms with Crippen LogP contribution in [0.3, 0.4) is 0 Å². The SMILES string of the molecule is CC(C)(C)OC(=O)NC(Cc1ccc(C(F)(F)F)c(Cl)c1)C(=O)O. The average molecular weight is 368 g/mol. The molecule has 0 saturated heterocycles. The number of carbonyl (C=O) groups is 2. The maximum Gasteiger partial charge on any atom is 0.417 e. The number of carboxylic acid groups (broad SMARTS) is 1. The second-order valence-corrected chi connectivity index (χ2v) is 6.46. The minimum Gasteiger partial charge on any atom is -0.480 e. The molecule has 1 atom stereocenters. The van der Waals surface area contributed by atoms with Crippen LogP contribution < -0.4 is 5.32 Å². The van der Waals surface area contributed by atoms with Crippen molar-refractivity contribution in [2.24, 2.45) is 0 Å². The molecule has 0 fully saturated rings. The maximum absolute atomic E-state index is 12.6. The molecule has 134 valence electrons. The fourth-order valence-corrected chi connectivity index (χ4v) is 2.11. The van der Waals surface area contributed by atoms with Crippen LogP contribution in [0, 0.1) is 0 Å². The number of rotatable bonds is 4. The van der Waals surface area contributed by atoms with Gasteiger partial charge in [0.05, 0.1) is 10.6 Å². The smallest absolute Gasteiger partial charge is 0.417 e. The second kappa shape index (κ2) is 7.29. The Hall–Kier alpha value is -1.96. The predicted molar refractivity (Wildman–Crippen MR) is 81.0 cm³/mol. The molecular formula is C15H17ClF3NO4. The number of alkyl halides is 3. The lowest BCUT2D eigenvalue weighted by atomic mass is 10.0. The van der Waals surface area contributed by atoms with Gasteiger partial charge in [0, 0.05) is 6.42 Å². The molecule has 1 amide bonds. The topological polar surface area (TPSA) is 75.6 Å². The van der Waals surface area contributed by atoms with Gasteiger partial charge in [0.15, 0.2) is 0 Å². The fourth-order valence-electron chi connectivity index (χ4n) is 1.80. The number of hydrogen-bond donors (Lipinski definition) is 2. The Morgan fingerprint density at radius 3 is 2.29 bits per heavy atom. The monoisotopic (exact) mass is 367 g/mol. The van der Waals surface area contributed by atoms with Gasteiger partial charge in [-0.05, 0) is 38.5 Å². The molecule has 0 aromatic heterocycles. The maximum atomic E-state index is 12.6. The van der Waals surface area contributed by atoms with Gasteiger partial charge in [-0.1, -0.05) is 17.7 Å². The third kappa shape index (κ3) is 6.27. The zero-order valence-electron chi connectivity index (χ0n) is 13.2. The van der Waals surface area contributed by atoms with Crippen LogP contribution in [0.15, 0.2) is 18.2 Å². The van der Waals surface area contributed by atoms with E-state index in [0.717, 1.165) is 18.2 Å². The van der Waals surface area contributed by atoms with Crippen LogP contribution in [-0.4, -0.2) is 28.8 Å². The van der Waals surface area contributed by atoms with Gasteiger partial charge >= 0.3 is 18.2 Å². The quantitative estimate of drug-likeness (QED) is 0.846. The Kier molecular flexibility index (Phi) is 6.10. The van der Waals surface area contributed by atoms with Crippen molar-refractivity contribution in [2.75, 3.05) is 0 Å². The minimum absolute atomic E-state index is 0.233. The molecular weight excluding hydrogens is 351 g/mol. The van der Waals surface area contributed by atoms with Crippen molar-refractivity contribution in [1.82, 2.24) is 5.32 Å². The summed E-state index contributed by atoms with van der Waals surface area (Å²) in [5.74, 6) is -1.35. The lowest BCUT2D eigenvalue weighted by molar-refractivity contribution is -0.139. The molecule has 9 heteroatoms. The number of carboxylic acids is 1. The summed E-state index contributed by atoms with van der Waals surface area (Å²) in [5.41, 5.74) is -1.60. The van der Waals surface area contributed by atoms with Crippen molar-refractivity contribution in [3.63, 3.8) is 0 Å². The van der Waals surface area contributed by atoms with Crippen molar-refractivity contribution < 1.29 is 32.6 Å². The molecule has 0 heterocycles. The predicted octanol–water partition coefficient (Wildman–Crippen LogP) is 3.88. The van der Waals surface area contributed by atoms with Gasteiger partial charge in [-0.3, -0.25) is 0 Å². The van der Waals surface area contributed by atoms with Crippen LogP contribution in [0.4, 0.5) is 18.0 Å². The number of hydrogen-bond acceptors (Lipinski definition) is 3. The van der Waals surface area contributed by atoms with E-state index in [4.69, 9.17) is 21.4 Å². The Morgan fingerprint density at radius 1 is 1.29 bits per heavy atom. The normalized spacial score (nSPS) is 13.3. The van der Waals surface area contributed by atoms with Crippen LogP contribution in [0.25, 0.3) is 0 Å². The number of halogens is 4. The van der Waals surface area contributed by atoms with Crippen molar-refractivity contribution in [1.29, 1.82) is 0 Å². The zero-order chi connectivity index (χ0) is 18.7. The number of aliphatic carboxylic acids is 1. The van der Waals surface area contributed by atoms with E-state index in [-0.39, 0.29) is 12.0 Å². The Labute approximate surface area is 141 Å².